The maximum absolute atomic E-state index is 11.0. The molecule has 0 heterocycles. The molecular weight excluding hydrogens is 372 g/mol. The minimum atomic E-state index is -1.25. The molecule has 0 radical (unpaired) electrons. The van der Waals surface area contributed by atoms with E-state index in [1.807, 2.05) is 0 Å². The van der Waals surface area contributed by atoms with Crippen LogP contribution < -0.4 is 11.5 Å². The second kappa shape index (κ2) is 4.85. The zero-order valence-electron chi connectivity index (χ0n) is 14.8. The molecule has 12 atom stereocenters. The summed E-state index contributed by atoms with van der Waals surface area (Å²) in [6.45, 7) is 0. The molecule has 8 saturated carbocycles. The summed E-state index contributed by atoms with van der Waals surface area (Å²) in [5.74, 6) is -5.06. The molecule has 0 amide bonds. The van der Waals surface area contributed by atoms with Gasteiger partial charge in [-0.3, -0.25) is 19.2 Å². The summed E-state index contributed by atoms with van der Waals surface area (Å²) in [5.41, 5.74) is 9.17. The largest absolute Gasteiger partial charge is 0.481 e. The summed E-state index contributed by atoms with van der Waals surface area (Å²) in [6.07, 6.45) is 1.38. The molecule has 12 unspecified atom stereocenters. The van der Waals surface area contributed by atoms with Gasteiger partial charge in [-0.2, -0.15) is 0 Å². The normalized spacial score (nSPS) is 57.4. The van der Waals surface area contributed by atoms with Gasteiger partial charge in [-0.15, -0.1) is 0 Å². The zero-order valence-corrected chi connectivity index (χ0v) is 14.8. The van der Waals surface area contributed by atoms with Crippen molar-refractivity contribution in [1.82, 2.24) is 0 Å². The van der Waals surface area contributed by atoms with Crippen LogP contribution in [-0.2, 0) is 19.2 Å². The predicted octanol–water partition coefficient (Wildman–Crippen LogP) is -1.27. The van der Waals surface area contributed by atoms with E-state index >= 15 is 0 Å². The lowest BCUT2D eigenvalue weighted by molar-refractivity contribution is -0.149. The van der Waals surface area contributed by atoms with Crippen molar-refractivity contribution in [3.63, 3.8) is 0 Å². The Morgan fingerprint density at radius 1 is 0.679 bits per heavy atom. The predicted molar refractivity (Wildman–Crippen MR) is 88.5 cm³/mol. The van der Waals surface area contributed by atoms with E-state index in [1.54, 1.807) is 0 Å². The van der Waals surface area contributed by atoms with Crippen LogP contribution >= 0.6 is 0 Å². The summed E-state index contributed by atoms with van der Waals surface area (Å²) >= 11 is 0. The van der Waals surface area contributed by atoms with Crippen molar-refractivity contribution >= 4 is 23.9 Å². The molecule has 10 heteroatoms. The molecule has 0 aromatic carbocycles. The molecule has 0 aliphatic heterocycles. The molecule has 0 saturated heterocycles. The van der Waals surface area contributed by atoms with Crippen LogP contribution in [0.5, 0.6) is 0 Å². The number of aliphatic carboxylic acids is 4. The van der Waals surface area contributed by atoms with Gasteiger partial charge in [0.05, 0.1) is 11.8 Å². The summed E-state index contributed by atoms with van der Waals surface area (Å²) in [6, 6.07) is 0. The summed E-state index contributed by atoms with van der Waals surface area (Å²) in [4.78, 5) is 44.0. The van der Waals surface area contributed by atoms with Gasteiger partial charge in [-0.05, 0) is 48.3 Å². The van der Waals surface area contributed by atoms with Crippen LogP contribution in [0.25, 0.3) is 0 Å². The first-order valence-corrected chi connectivity index (χ1v) is 9.49. The van der Waals surface area contributed by atoms with Crippen LogP contribution in [0.2, 0.25) is 0 Å². The van der Waals surface area contributed by atoms with Crippen molar-refractivity contribution in [2.45, 2.75) is 23.9 Å². The number of carboxylic acids is 4. The van der Waals surface area contributed by atoms with Crippen LogP contribution in [0.3, 0.4) is 0 Å². The molecular formula is C18H22N2O8. The Morgan fingerprint density at radius 3 is 1.14 bits per heavy atom. The molecule has 0 aromatic heterocycles. The molecule has 8 aliphatic rings. The fraction of sp³-hybridized carbons (Fsp3) is 0.778. The standard InChI is InChI=1S/2C9H11NO4/c2*10-9(8(13)14)3-1-2-4(6(2)9)5(3)7(11)12/h2*2-6H,1,10H2,(H,11,12)(H,13,14). The van der Waals surface area contributed by atoms with Crippen LogP contribution in [-0.4, -0.2) is 55.4 Å². The van der Waals surface area contributed by atoms with Gasteiger partial charge in [0.25, 0.3) is 0 Å². The highest BCUT2D eigenvalue weighted by atomic mass is 16.4. The Morgan fingerprint density at radius 2 is 1.00 bits per heavy atom. The third-order valence-electron chi connectivity index (χ3n) is 8.85. The summed E-state index contributed by atoms with van der Waals surface area (Å²) < 4.78 is 0. The summed E-state index contributed by atoms with van der Waals surface area (Å²) in [7, 11) is 0. The van der Waals surface area contributed by atoms with Gasteiger partial charge in [0.2, 0.25) is 0 Å². The highest BCUT2D eigenvalue weighted by Gasteiger charge is 2.83. The first-order chi connectivity index (χ1) is 13.0. The highest BCUT2D eigenvalue weighted by molar-refractivity contribution is 5.87. The minimum absolute atomic E-state index is 0.0404. The quantitative estimate of drug-likeness (QED) is 0.334. The number of rotatable bonds is 4. The number of nitrogens with two attached hydrogens (primary N) is 2. The van der Waals surface area contributed by atoms with Gasteiger partial charge in [-0.25, -0.2) is 0 Å². The van der Waals surface area contributed by atoms with E-state index in [1.165, 1.54) is 0 Å². The molecule has 0 spiro atoms. The van der Waals surface area contributed by atoms with Gasteiger partial charge in [0.1, 0.15) is 11.1 Å². The number of hydrogen-bond acceptors (Lipinski definition) is 6. The minimum Gasteiger partial charge on any atom is -0.481 e. The molecule has 28 heavy (non-hydrogen) atoms. The first-order valence-electron chi connectivity index (χ1n) is 9.49. The average Bonchev–Trinajstić information content (AvgIpc) is 3.09. The van der Waals surface area contributed by atoms with Crippen LogP contribution in [0.1, 0.15) is 12.8 Å². The van der Waals surface area contributed by atoms with Crippen molar-refractivity contribution in [2.24, 2.45) is 70.6 Å². The van der Waals surface area contributed by atoms with E-state index < -0.39 is 46.8 Å². The third kappa shape index (κ3) is 1.68. The van der Waals surface area contributed by atoms with Gasteiger partial charge in [0, 0.05) is 11.8 Å². The Labute approximate surface area is 158 Å². The lowest BCUT2D eigenvalue weighted by atomic mass is 9.85. The van der Waals surface area contributed by atoms with Crippen molar-refractivity contribution in [1.29, 1.82) is 0 Å². The number of hydrogen-bond donors (Lipinski definition) is 6. The number of carbonyl (C=O) groups is 4. The maximum atomic E-state index is 11.0. The molecule has 152 valence electrons. The Kier molecular flexibility index (Phi) is 3.10. The Balaban J connectivity index is 0.000000122. The van der Waals surface area contributed by atoms with Gasteiger partial charge < -0.3 is 31.9 Å². The lowest BCUT2D eigenvalue weighted by Gasteiger charge is -2.24. The van der Waals surface area contributed by atoms with E-state index in [2.05, 4.69) is 0 Å². The third-order valence-corrected chi connectivity index (χ3v) is 8.85. The van der Waals surface area contributed by atoms with E-state index in [-0.39, 0.29) is 47.3 Å². The molecule has 8 aliphatic carbocycles. The Hall–Kier alpha value is -2.20. The monoisotopic (exact) mass is 394 g/mol. The van der Waals surface area contributed by atoms with Gasteiger partial charge >= 0.3 is 23.9 Å². The number of carboxylic acid groups (broad SMARTS) is 4. The van der Waals surface area contributed by atoms with E-state index in [0.29, 0.717) is 12.8 Å². The van der Waals surface area contributed by atoms with Gasteiger partial charge in [-0.1, -0.05) is 0 Å². The second-order valence-corrected chi connectivity index (χ2v) is 9.42. The maximum Gasteiger partial charge on any atom is 0.324 e. The fourth-order valence-electron chi connectivity index (χ4n) is 7.90. The molecule has 8 rings (SSSR count). The second-order valence-electron chi connectivity index (χ2n) is 9.42. The van der Waals surface area contributed by atoms with Crippen molar-refractivity contribution in [3.8, 4) is 0 Å². The van der Waals surface area contributed by atoms with E-state index in [0.717, 1.165) is 0 Å². The Bertz CT molecular complexity index is 777. The van der Waals surface area contributed by atoms with Crippen molar-refractivity contribution in [3.05, 3.63) is 0 Å². The van der Waals surface area contributed by atoms with Crippen LogP contribution in [0.4, 0.5) is 0 Å². The van der Waals surface area contributed by atoms with Crippen LogP contribution in [0.15, 0.2) is 0 Å². The molecule has 8 N–H and O–H groups in total. The van der Waals surface area contributed by atoms with Crippen molar-refractivity contribution < 1.29 is 39.6 Å². The topological polar surface area (TPSA) is 201 Å². The molecule has 0 aromatic rings. The first kappa shape index (κ1) is 17.9. The average molecular weight is 394 g/mol. The zero-order chi connectivity index (χ0) is 20.5. The summed E-state index contributed by atoms with van der Waals surface area (Å²) in [5, 5.41) is 36.0. The van der Waals surface area contributed by atoms with Crippen LogP contribution in [0, 0.1) is 59.2 Å². The SMILES string of the molecule is NC1(C(=O)O)C2CC3C(C2C(=O)O)C31.NC1(C(=O)O)C2CC3C(C2C(=O)O)C31. The molecule has 8 bridgehead atoms. The fourth-order valence-corrected chi connectivity index (χ4v) is 7.90. The molecule has 8 fully saturated rings. The molecule has 10 nitrogen and oxygen atoms in total. The highest BCUT2D eigenvalue weighted by Crippen LogP contribution is 2.77. The van der Waals surface area contributed by atoms with E-state index in [9.17, 15) is 19.2 Å². The lowest BCUT2D eigenvalue weighted by Crippen LogP contribution is -2.52. The van der Waals surface area contributed by atoms with E-state index in [4.69, 9.17) is 31.9 Å². The smallest absolute Gasteiger partial charge is 0.324 e. The van der Waals surface area contributed by atoms with Crippen molar-refractivity contribution in [2.75, 3.05) is 0 Å². The van der Waals surface area contributed by atoms with Gasteiger partial charge in [0.15, 0.2) is 0 Å².